The molecule has 0 unspecified atom stereocenters. The lowest BCUT2D eigenvalue weighted by atomic mass is 10.3. The van der Waals surface area contributed by atoms with Gasteiger partial charge in [0.15, 0.2) is 0 Å². The van der Waals surface area contributed by atoms with E-state index in [-0.39, 0.29) is 0 Å². The van der Waals surface area contributed by atoms with Crippen LogP contribution in [0.25, 0.3) is 0 Å². The predicted molar refractivity (Wildman–Crippen MR) is 42.9 cm³/mol. The number of hydrogen-bond acceptors (Lipinski definition) is 4. The highest BCUT2D eigenvalue weighted by molar-refractivity contribution is 7.18. The zero-order valence-electron chi connectivity index (χ0n) is 5.84. The molecule has 0 aliphatic rings. The zero-order valence-corrected chi connectivity index (χ0v) is 7.63. The van der Waals surface area contributed by atoms with Crippen molar-refractivity contribution >= 4 is 17.4 Å². The van der Waals surface area contributed by atoms with Crippen LogP contribution in [0.15, 0.2) is 24.3 Å². The van der Waals surface area contributed by atoms with Gasteiger partial charge in [0.05, 0.1) is 0 Å². The van der Waals surface area contributed by atoms with Gasteiger partial charge in [0, 0.05) is 0 Å². The van der Waals surface area contributed by atoms with Crippen LogP contribution in [0, 0.1) is 0 Å². The highest BCUT2D eigenvalue weighted by atomic mass is 31.1. The molecular weight excluding hydrogens is 198 g/mol. The monoisotopic (exact) mass is 202 g/mol. The number of benzene rings is 1. The second kappa shape index (κ2) is 4.81. The fourth-order valence-corrected chi connectivity index (χ4v) is 1.06. The number of hydrogen-bond donors (Lipinski definition) is 0. The van der Waals surface area contributed by atoms with E-state index >= 15 is 0 Å². The third-order valence-electron chi connectivity index (χ3n) is 1.11. The molecule has 0 aromatic heterocycles. The maximum Gasteiger partial charge on any atom is 0.395 e. The average molecular weight is 202 g/mol. The van der Waals surface area contributed by atoms with E-state index in [0.717, 1.165) is 0 Å². The van der Waals surface area contributed by atoms with Gasteiger partial charge < -0.3 is 9.05 Å². The van der Waals surface area contributed by atoms with Crippen molar-refractivity contribution in [3.63, 3.8) is 0 Å². The van der Waals surface area contributed by atoms with Gasteiger partial charge in [-0.3, -0.25) is 0 Å². The minimum atomic E-state index is -0.401. The van der Waals surface area contributed by atoms with Crippen LogP contribution >= 0.6 is 17.4 Å². The van der Waals surface area contributed by atoms with Crippen LogP contribution in [-0.2, 0) is 9.13 Å². The van der Waals surface area contributed by atoms with Crippen LogP contribution in [0.1, 0.15) is 0 Å². The van der Waals surface area contributed by atoms with E-state index in [1.165, 1.54) is 0 Å². The lowest BCUT2D eigenvalue weighted by molar-refractivity contribution is 0.517. The Morgan fingerprint density at radius 2 is 1.17 bits per heavy atom. The fraction of sp³-hybridized carbons (Fsp3) is 0. The molecule has 0 aliphatic heterocycles. The Labute approximate surface area is 72.1 Å². The maximum absolute atomic E-state index is 9.98. The predicted octanol–water partition coefficient (Wildman–Crippen LogP) is 2.86. The molecule has 0 aliphatic carbocycles. The smallest absolute Gasteiger partial charge is 0.395 e. The molecule has 1 aromatic carbocycles. The minimum Gasteiger partial charge on any atom is -0.408 e. The lowest BCUT2D eigenvalue weighted by Gasteiger charge is -1.97. The molecule has 12 heavy (non-hydrogen) atoms. The van der Waals surface area contributed by atoms with Gasteiger partial charge in [-0.2, -0.15) is 0 Å². The zero-order chi connectivity index (χ0) is 8.81. The summed E-state index contributed by atoms with van der Waals surface area (Å²) in [5.74, 6) is 0.920. The SMILES string of the molecule is O=POc1ccc(OP=O)cc1. The Bertz CT molecular complexity index is 242. The van der Waals surface area contributed by atoms with Gasteiger partial charge in [0.1, 0.15) is 11.5 Å². The van der Waals surface area contributed by atoms with Crippen molar-refractivity contribution in [2.24, 2.45) is 0 Å². The Morgan fingerprint density at radius 1 is 0.833 bits per heavy atom. The topological polar surface area (TPSA) is 52.6 Å². The molecule has 0 amide bonds. The Morgan fingerprint density at radius 3 is 1.42 bits per heavy atom. The van der Waals surface area contributed by atoms with Gasteiger partial charge >= 0.3 is 17.4 Å². The molecule has 1 rings (SSSR count). The summed E-state index contributed by atoms with van der Waals surface area (Å²) >= 11 is 0. The summed E-state index contributed by atoms with van der Waals surface area (Å²) in [4.78, 5) is 0. The first kappa shape index (κ1) is 9.11. The van der Waals surface area contributed by atoms with Gasteiger partial charge in [-0.15, -0.1) is 0 Å². The molecule has 0 bridgehead atoms. The van der Waals surface area contributed by atoms with Gasteiger partial charge in [-0.25, -0.2) is 9.13 Å². The highest BCUT2D eigenvalue weighted by Crippen LogP contribution is 2.21. The second-order valence-corrected chi connectivity index (χ2v) is 2.47. The summed E-state index contributed by atoms with van der Waals surface area (Å²) < 4.78 is 29.2. The molecular formula is C6H4O4P2. The van der Waals surface area contributed by atoms with E-state index in [0.29, 0.717) is 11.5 Å². The van der Waals surface area contributed by atoms with E-state index in [9.17, 15) is 9.13 Å². The Hall–Kier alpha value is -0.980. The summed E-state index contributed by atoms with van der Waals surface area (Å²) in [6.07, 6.45) is 0. The first-order valence-corrected chi connectivity index (χ1v) is 4.42. The van der Waals surface area contributed by atoms with Crippen molar-refractivity contribution < 1.29 is 18.2 Å². The third kappa shape index (κ3) is 2.57. The minimum absolute atomic E-state index is 0.401. The molecule has 6 heteroatoms. The second-order valence-electron chi connectivity index (χ2n) is 1.80. The maximum atomic E-state index is 9.98. The van der Waals surface area contributed by atoms with Gasteiger partial charge in [0.2, 0.25) is 0 Å². The van der Waals surface area contributed by atoms with Crippen LogP contribution in [0.4, 0.5) is 0 Å². The van der Waals surface area contributed by atoms with Crippen molar-refractivity contribution in [3.05, 3.63) is 24.3 Å². The van der Waals surface area contributed by atoms with Crippen LogP contribution in [-0.4, -0.2) is 0 Å². The largest absolute Gasteiger partial charge is 0.408 e. The van der Waals surface area contributed by atoms with Crippen LogP contribution < -0.4 is 9.05 Å². The van der Waals surface area contributed by atoms with Crippen LogP contribution in [0.5, 0.6) is 11.5 Å². The molecule has 0 radical (unpaired) electrons. The third-order valence-corrected chi connectivity index (χ3v) is 1.68. The summed E-state index contributed by atoms with van der Waals surface area (Å²) in [6, 6.07) is 6.24. The van der Waals surface area contributed by atoms with Crippen molar-refractivity contribution in [2.75, 3.05) is 0 Å². The van der Waals surface area contributed by atoms with E-state index in [1.54, 1.807) is 24.3 Å². The van der Waals surface area contributed by atoms with Crippen molar-refractivity contribution in [1.82, 2.24) is 0 Å². The van der Waals surface area contributed by atoms with E-state index in [4.69, 9.17) is 0 Å². The van der Waals surface area contributed by atoms with Gasteiger partial charge in [0.25, 0.3) is 0 Å². The van der Waals surface area contributed by atoms with E-state index in [1.807, 2.05) is 0 Å². The molecule has 0 saturated carbocycles. The fourth-order valence-electron chi connectivity index (χ4n) is 0.647. The lowest BCUT2D eigenvalue weighted by Crippen LogP contribution is -1.76. The van der Waals surface area contributed by atoms with Crippen molar-refractivity contribution in [1.29, 1.82) is 0 Å². The summed E-state index contributed by atoms with van der Waals surface area (Å²) in [6.45, 7) is 0. The molecule has 4 nitrogen and oxygen atoms in total. The normalized spacial score (nSPS) is 10.0. The molecule has 0 atom stereocenters. The van der Waals surface area contributed by atoms with Crippen molar-refractivity contribution in [3.8, 4) is 11.5 Å². The van der Waals surface area contributed by atoms with E-state index < -0.39 is 17.4 Å². The molecule has 0 spiro atoms. The van der Waals surface area contributed by atoms with Gasteiger partial charge in [-0.05, 0) is 24.3 Å². The molecule has 0 fully saturated rings. The molecule has 0 N–H and O–H groups in total. The average Bonchev–Trinajstić information content (AvgIpc) is 2.09. The Balaban J connectivity index is 2.70. The molecule has 0 saturated heterocycles. The Kier molecular flexibility index (Phi) is 3.65. The van der Waals surface area contributed by atoms with Crippen LogP contribution in [0.3, 0.4) is 0 Å². The number of rotatable bonds is 4. The first-order chi connectivity index (χ1) is 5.86. The first-order valence-electron chi connectivity index (χ1n) is 2.96. The standard InChI is InChI=1S/C6H4O4P2/c7-11-9-5-1-2-6(4-3-5)10-12-8/h1-4H. The molecule has 62 valence electrons. The molecule has 0 heterocycles. The summed E-state index contributed by atoms with van der Waals surface area (Å²) in [5.41, 5.74) is 0. The highest BCUT2D eigenvalue weighted by Gasteiger charge is 1.95. The summed E-state index contributed by atoms with van der Waals surface area (Å²) in [5, 5.41) is 0. The van der Waals surface area contributed by atoms with Gasteiger partial charge in [-0.1, -0.05) is 0 Å². The van der Waals surface area contributed by atoms with Crippen molar-refractivity contribution in [2.45, 2.75) is 0 Å². The van der Waals surface area contributed by atoms with Crippen LogP contribution in [0.2, 0.25) is 0 Å². The van der Waals surface area contributed by atoms with E-state index in [2.05, 4.69) is 9.05 Å². The molecule has 1 aromatic rings. The quantitative estimate of drug-likeness (QED) is 0.704. The summed E-state index contributed by atoms with van der Waals surface area (Å²) in [7, 11) is -0.802.